The topological polar surface area (TPSA) is 259 Å². The first-order valence-corrected chi connectivity index (χ1v) is 31.6. The van der Waals surface area contributed by atoms with Gasteiger partial charge in [0.15, 0.2) is 0 Å². The Bertz CT molecular complexity index is 2710. The van der Waals surface area contributed by atoms with Crippen LogP contribution in [0.5, 0.6) is 0 Å². The molecule has 4 aliphatic rings. The van der Waals surface area contributed by atoms with E-state index in [1.807, 2.05) is 6.92 Å². The minimum absolute atomic E-state index is 0.0357. The molecule has 88 heavy (non-hydrogen) atoms. The molecule has 2 saturated heterocycles. The highest BCUT2D eigenvalue weighted by atomic mass is 35.5. The molecule has 492 valence electrons. The number of aryl methyl sites for hydroxylation is 1. The summed E-state index contributed by atoms with van der Waals surface area (Å²) in [6.07, 6.45) is 1.87. The van der Waals surface area contributed by atoms with Crippen LogP contribution in [0.25, 0.3) is 0 Å². The zero-order valence-electron chi connectivity index (χ0n) is 53.5. The maximum atomic E-state index is 15.0. The second-order valence-corrected chi connectivity index (χ2v) is 25.7. The lowest BCUT2D eigenvalue weighted by atomic mass is 9.84. The molecule has 0 bridgehead atoms. The summed E-state index contributed by atoms with van der Waals surface area (Å²) >= 11 is 6.10. The highest BCUT2D eigenvalue weighted by Crippen LogP contribution is 2.37. The van der Waals surface area contributed by atoms with Crippen molar-refractivity contribution in [2.75, 3.05) is 68.0 Å². The summed E-state index contributed by atoms with van der Waals surface area (Å²) in [5, 5.41) is 10.9. The van der Waals surface area contributed by atoms with Gasteiger partial charge in [0.1, 0.15) is 41.8 Å². The smallest absolute Gasteiger partial charge is 0.351 e. The summed E-state index contributed by atoms with van der Waals surface area (Å²) in [7, 11) is 7.05. The Balaban J connectivity index is 1.53. The van der Waals surface area contributed by atoms with Crippen LogP contribution in [0.1, 0.15) is 156 Å². The van der Waals surface area contributed by atoms with E-state index in [9.17, 15) is 65.9 Å². The van der Waals surface area contributed by atoms with E-state index in [-0.39, 0.29) is 64.0 Å². The highest BCUT2D eigenvalue weighted by Gasteiger charge is 2.49. The molecule has 1 aromatic carbocycles. The maximum absolute atomic E-state index is 15.0. The van der Waals surface area contributed by atoms with Gasteiger partial charge in [0, 0.05) is 60.8 Å². The largest absolute Gasteiger partial charge is 0.417 e. The van der Waals surface area contributed by atoms with Gasteiger partial charge in [-0.2, -0.15) is 13.2 Å². The number of alkyl halides is 3. The molecular weight excluding hydrogens is 1170 g/mol. The number of hydrogen-bond acceptors (Lipinski definition) is 11. The SMILES string of the molecule is CC[C@H](C)[C@@H]1NC(=O)[C@H](C)N(CC)C(=O)C[C@@H](C)NC(=O)[C@H](C(C)C)N(C)C(=O)C2(CCCC2)NC(=O)[C@@H]2CCCN2C(=O)[C@H](CCc2ccc(C(F)(F)F)c(Cl)c2)NC(=O)CN(C)C(=O)[C@H](CC2CCCCC2)N(C)C(=O)CN(C)C(=O)CN(C)C1=O. The van der Waals surface area contributed by atoms with Crippen LogP contribution in [-0.4, -0.2) is 215 Å². The molecule has 26 heteroatoms. The Hall–Kier alpha value is -6.53. The van der Waals surface area contributed by atoms with E-state index in [2.05, 4.69) is 21.3 Å². The molecule has 22 nitrogen and oxygen atoms in total. The van der Waals surface area contributed by atoms with Crippen LogP contribution >= 0.6 is 11.6 Å². The summed E-state index contributed by atoms with van der Waals surface area (Å²) in [4.78, 5) is 167. The molecule has 1 aromatic rings. The van der Waals surface area contributed by atoms with Gasteiger partial charge >= 0.3 is 6.18 Å². The molecule has 8 atom stereocenters. The summed E-state index contributed by atoms with van der Waals surface area (Å²) in [6.45, 7) is 10.4. The summed E-state index contributed by atoms with van der Waals surface area (Å²) < 4.78 is 41.2. The van der Waals surface area contributed by atoms with Crippen molar-refractivity contribution in [3.05, 3.63) is 34.3 Å². The predicted molar refractivity (Wildman–Crippen MR) is 323 cm³/mol. The van der Waals surface area contributed by atoms with E-state index in [1.165, 1.54) is 67.8 Å². The van der Waals surface area contributed by atoms with Crippen molar-refractivity contribution in [2.24, 2.45) is 17.8 Å². The first-order valence-electron chi connectivity index (χ1n) is 31.2. The van der Waals surface area contributed by atoms with Gasteiger partial charge in [0.25, 0.3) is 0 Å². The van der Waals surface area contributed by atoms with Crippen LogP contribution in [0.15, 0.2) is 18.2 Å². The number of nitrogens with zero attached hydrogens (tertiary/aromatic N) is 7. The third-order valence-corrected chi connectivity index (χ3v) is 18.6. The minimum Gasteiger partial charge on any atom is -0.351 e. The number of hydrogen-bond donors (Lipinski definition) is 4. The van der Waals surface area contributed by atoms with Crippen LogP contribution in [0.4, 0.5) is 13.2 Å². The molecule has 0 unspecified atom stereocenters. The molecule has 2 saturated carbocycles. The number of amides is 11. The molecule has 4 fully saturated rings. The van der Waals surface area contributed by atoms with Gasteiger partial charge in [0.05, 0.1) is 30.2 Å². The van der Waals surface area contributed by atoms with Crippen LogP contribution in [-0.2, 0) is 65.3 Å². The van der Waals surface area contributed by atoms with E-state index >= 15 is 0 Å². The van der Waals surface area contributed by atoms with E-state index in [1.54, 1.807) is 34.6 Å². The molecule has 1 spiro atoms. The lowest BCUT2D eigenvalue weighted by Gasteiger charge is -2.39. The van der Waals surface area contributed by atoms with Gasteiger partial charge in [-0.05, 0) is 101 Å². The molecule has 2 aliphatic carbocycles. The Morgan fingerprint density at radius 3 is 1.90 bits per heavy atom. The van der Waals surface area contributed by atoms with E-state index in [0.29, 0.717) is 31.2 Å². The van der Waals surface area contributed by atoms with Gasteiger partial charge in [-0.25, -0.2) is 0 Å². The lowest BCUT2D eigenvalue weighted by molar-refractivity contribution is -0.149. The van der Waals surface area contributed by atoms with Gasteiger partial charge in [-0.15, -0.1) is 0 Å². The monoisotopic (exact) mass is 1260 g/mol. The highest BCUT2D eigenvalue weighted by molar-refractivity contribution is 6.31. The number of carbonyl (C=O) groups excluding carboxylic acids is 11. The van der Waals surface area contributed by atoms with Gasteiger partial charge in [-0.1, -0.05) is 96.7 Å². The molecule has 0 aromatic heterocycles. The third-order valence-electron chi connectivity index (χ3n) is 18.3. The molecule has 4 N–H and O–H groups in total. The standard InChI is InChI=1S/C62H95ClF3N11O11/c1-13-38(5)52-59(87)73(10)35-50(80)71(8)36-51(81)74(11)47(33-41-21-16-15-17-22-41)58(86)72(9)34-48(78)68-45(27-25-42-24-26-43(44(63)32-42)62(64,65)66)57(85)77-30-20-23-46(77)55(83)70-61(28-18-19-29-61)60(88)75(12)53(37(3)4)56(84)67-39(6)31-49(79)76(14-2)40(7)54(82)69-52/h24,26,32,37-41,45-47,52-53H,13-23,25,27-31,33-36H2,1-12H3,(H,67,84)(H,68,78)(H,69,82)(H,70,83)/t38-,39+,40-,45-,46-,47-,52-,53-/m0/s1. The average Bonchev–Trinajstić information content (AvgIpc) is 2.59. The number of fused-ring (bicyclic) bond motifs is 1. The zero-order valence-corrected chi connectivity index (χ0v) is 54.2. The predicted octanol–water partition coefficient (Wildman–Crippen LogP) is 4.53. The quantitative estimate of drug-likeness (QED) is 0.267. The van der Waals surface area contributed by atoms with Crippen molar-refractivity contribution in [1.82, 2.24) is 55.6 Å². The van der Waals surface area contributed by atoms with Crippen molar-refractivity contribution >= 4 is 76.6 Å². The normalized spacial score (nSPS) is 26.6. The van der Waals surface area contributed by atoms with Crippen molar-refractivity contribution in [2.45, 2.75) is 205 Å². The van der Waals surface area contributed by atoms with Crippen molar-refractivity contribution in [3.63, 3.8) is 0 Å². The van der Waals surface area contributed by atoms with Crippen LogP contribution in [0, 0.1) is 17.8 Å². The first kappa shape index (κ1) is 72.2. The van der Waals surface area contributed by atoms with Crippen molar-refractivity contribution in [3.8, 4) is 0 Å². The Morgan fingerprint density at radius 2 is 1.31 bits per heavy atom. The van der Waals surface area contributed by atoms with E-state index < -0.39 is 161 Å². The lowest BCUT2D eigenvalue weighted by Crippen LogP contribution is -2.64. The second-order valence-electron chi connectivity index (χ2n) is 25.3. The van der Waals surface area contributed by atoms with Gasteiger partial charge in [-0.3, -0.25) is 52.7 Å². The van der Waals surface area contributed by atoms with E-state index in [0.717, 1.165) is 58.9 Å². The Kier molecular flexibility index (Phi) is 26.1. The number of nitrogens with one attached hydrogen (secondary N) is 4. The molecule has 11 amide bonds. The summed E-state index contributed by atoms with van der Waals surface area (Å²) in [5.74, 6) is -7.73. The summed E-state index contributed by atoms with van der Waals surface area (Å²) in [5.41, 5.74) is -2.24. The third kappa shape index (κ3) is 18.3. The maximum Gasteiger partial charge on any atom is 0.417 e. The zero-order chi connectivity index (χ0) is 65.7. The molecule has 5 rings (SSSR count). The fourth-order valence-electron chi connectivity index (χ4n) is 12.8. The fourth-order valence-corrected chi connectivity index (χ4v) is 13.1. The van der Waals surface area contributed by atoms with E-state index in [4.69, 9.17) is 11.6 Å². The molecule has 2 aliphatic heterocycles. The van der Waals surface area contributed by atoms with Crippen LogP contribution in [0.2, 0.25) is 5.02 Å². The van der Waals surface area contributed by atoms with Crippen LogP contribution < -0.4 is 21.3 Å². The first-order chi connectivity index (χ1) is 41.3. The average molecular weight is 1260 g/mol. The minimum atomic E-state index is -4.74. The van der Waals surface area contributed by atoms with Crippen molar-refractivity contribution in [1.29, 1.82) is 0 Å². The fraction of sp³-hybridized carbons (Fsp3) is 0.726. The Morgan fingerprint density at radius 1 is 0.682 bits per heavy atom. The number of benzene rings is 1. The number of halogens is 4. The number of likely N-dealkylation sites (N-methyl/N-ethyl adjacent to an activating group) is 6. The van der Waals surface area contributed by atoms with Crippen LogP contribution in [0.3, 0.4) is 0 Å². The summed E-state index contributed by atoms with van der Waals surface area (Å²) in [6, 6.07) is -4.59. The molecule has 2 heterocycles. The van der Waals surface area contributed by atoms with Gasteiger partial charge in [0.2, 0.25) is 65.0 Å². The van der Waals surface area contributed by atoms with Gasteiger partial charge < -0.3 is 55.6 Å². The van der Waals surface area contributed by atoms with Crippen molar-refractivity contribution < 1.29 is 65.9 Å². The second kappa shape index (κ2) is 31.8. The molecule has 0 radical (unpaired) electrons. The Labute approximate surface area is 521 Å². The number of carbonyl (C=O) groups is 11. The number of rotatable bonds is 9. The molecular formula is C62H95ClF3N11O11.